The van der Waals surface area contributed by atoms with Crippen LogP contribution < -0.4 is 0 Å². The Hall–Kier alpha value is -1.91. The molecule has 2 rings (SSSR count). The van der Waals surface area contributed by atoms with Crippen molar-refractivity contribution in [1.29, 1.82) is 0 Å². The highest BCUT2D eigenvalue weighted by molar-refractivity contribution is 5.71. The molecule has 2 aromatic rings. The van der Waals surface area contributed by atoms with E-state index in [1.165, 1.54) is 17.3 Å². The van der Waals surface area contributed by atoms with E-state index in [0.717, 1.165) is 0 Å². The molecule has 0 bridgehead atoms. The van der Waals surface area contributed by atoms with Gasteiger partial charge in [0.1, 0.15) is 5.69 Å². The Kier molecular flexibility index (Phi) is 1.48. The summed E-state index contributed by atoms with van der Waals surface area (Å²) in [6, 6.07) is 1.59. The number of aromatic nitrogens is 3. The van der Waals surface area contributed by atoms with Crippen molar-refractivity contribution < 1.29 is 9.21 Å². The molecule has 0 N–H and O–H groups in total. The normalized spacial score (nSPS) is 10.0. The third kappa shape index (κ3) is 1.01. The third-order valence-electron chi connectivity index (χ3n) is 1.38. The van der Waals surface area contributed by atoms with E-state index in [2.05, 4.69) is 10.1 Å². The van der Waals surface area contributed by atoms with Crippen molar-refractivity contribution in [2.75, 3.05) is 0 Å². The predicted molar refractivity (Wildman–Crippen MR) is 39.0 cm³/mol. The highest BCUT2D eigenvalue weighted by atomic mass is 16.4. The highest BCUT2D eigenvalue weighted by Crippen LogP contribution is 2.04. The van der Waals surface area contributed by atoms with Crippen LogP contribution in [0.3, 0.4) is 0 Å². The molecule has 0 fully saturated rings. The molecule has 0 amide bonds. The zero-order valence-corrected chi connectivity index (χ0v) is 6.04. The predicted octanol–water partition coefficient (Wildman–Crippen LogP) is 0.673. The van der Waals surface area contributed by atoms with Gasteiger partial charge in [-0.2, -0.15) is 5.10 Å². The molecule has 2 aromatic heterocycles. The lowest BCUT2D eigenvalue weighted by atomic mass is 10.5. The maximum atomic E-state index is 10.3. The van der Waals surface area contributed by atoms with E-state index in [1.807, 2.05) is 0 Å². The summed E-state index contributed by atoms with van der Waals surface area (Å²) in [6.45, 7) is 0. The van der Waals surface area contributed by atoms with Crippen LogP contribution in [0.5, 0.6) is 0 Å². The number of hydrogen-bond acceptors (Lipinski definition) is 4. The molecule has 0 unspecified atom stereocenters. The van der Waals surface area contributed by atoms with Gasteiger partial charge in [0.05, 0.1) is 6.20 Å². The molecule has 2 heterocycles. The third-order valence-corrected chi connectivity index (χ3v) is 1.38. The summed E-state index contributed by atoms with van der Waals surface area (Å²) in [5, 5.41) is 3.89. The number of rotatable bonds is 2. The molecule has 0 aliphatic carbocycles. The smallest absolute Gasteiger partial charge is 0.240 e. The molecule has 0 saturated carbocycles. The van der Waals surface area contributed by atoms with E-state index in [4.69, 9.17) is 4.42 Å². The Morgan fingerprint density at radius 2 is 2.50 bits per heavy atom. The van der Waals surface area contributed by atoms with Crippen molar-refractivity contribution in [2.45, 2.75) is 0 Å². The summed E-state index contributed by atoms with van der Waals surface area (Å²) in [7, 11) is 0. The first-order valence-corrected chi connectivity index (χ1v) is 3.30. The zero-order chi connectivity index (χ0) is 8.39. The minimum atomic E-state index is 0.367. The first-order chi connectivity index (χ1) is 5.90. The second-order valence-corrected chi connectivity index (χ2v) is 2.14. The van der Waals surface area contributed by atoms with E-state index in [9.17, 15) is 4.79 Å². The van der Waals surface area contributed by atoms with Crippen molar-refractivity contribution in [2.24, 2.45) is 0 Å². The molecule has 12 heavy (non-hydrogen) atoms. The van der Waals surface area contributed by atoms with Gasteiger partial charge in [0.25, 0.3) is 0 Å². The van der Waals surface area contributed by atoms with Gasteiger partial charge < -0.3 is 4.42 Å². The Morgan fingerprint density at radius 1 is 1.58 bits per heavy atom. The first-order valence-electron chi connectivity index (χ1n) is 3.30. The van der Waals surface area contributed by atoms with E-state index in [-0.39, 0.29) is 0 Å². The standard InChI is InChI=1S/C7H5N3O2/c11-4-6-1-2-10(9-6)7-3-8-5-12-7/h1-5H. The molecule has 0 spiro atoms. The molecule has 0 aliphatic rings. The van der Waals surface area contributed by atoms with Crippen molar-refractivity contribution >= 4 is 6.29 Å². The molecule has 60 valence electrons. The molecule has 0 radical (unpaired) electrons. The molecule has 0 saturated heterocycles. The summed E-state index contributed by atoms with van der Waals surface area (Å²) in [5.74, 6) is 0.489. The van der Waals surface area contributed by atoms with Crippen molar-refractivity contribution in [3.05, 3.63) is 30.5 Å². The molecule has 0 aromatic carbocycles. The molecular weight excluding hydrogens is 158 g/mol. The van der Waals surface area contributed by atoms with Gasteiger partial charge in [-0.3, -0.25) is 4.79 Å². The lowest BCUT2D eigenvalue weighted by Gasteiger charge is -1.90. The Labute approximate surface area is 67.6 Å². The van der Waals surface area contributed by atoms with Crippen molar-refractivity contribution in [3.8, 4) is 5.88 Å². The summed E-state index contributed by atoms with van der Waals surface area (Å²) >= 11 is 0. The van der Waals surface area contributed by atoms with Gasteiger partial charge >= 0.3 is 0 Å². The zero-order valence-electron chi connectivity index (χ0n) is 6.04. The molecule has 0 aliphatic heterocycles. The summed E-state index contributed by atoms with van der Waals surface area (Å²) in [5.41, 5.74) is 0.367. The average Bonchev–Trinajstić information content (AvgIpc) is 2.75. The van der Waals surface area contributed by atoms with Crippen LogP contribution in [0.15, 0.2) is 29.3 Å². The largest absolute Gasteiger partial charge is 0.426 e. The van der Waals surface area contributed by atoms with Crippen LogP contribution in [0.2, 0.25) is 0 Å². The van der Waals surface area contributed by atoms with E-state index in [1.54, 1.807) is 12.3 Å². The average molecular weight is 163 g/mol. The topological polar surface area (TPSA) is 60.9 Å². The minimum Gasteiger partial charge on any atom is -0.426 e. The summed E-state index contributed by atoms with van der Waals surface area (Å²) in [6.07, 6.45) is 5.12. The van der Waals surface area contributed by atoms with Gasteiger partial charge in [0.15, 0.2) is 12.7 Å². The number of carbonyl (C=O) groups is 1. The van der Waals surface area contributed by atoms with Gasteiger partial charge in [-0.15, -0.1) is 0 Å². The number of carbonyl (C=O) groups excluding carboxylic acids is 1. The lowest BCUT2D eigenvalue weighted by Crippen LogP contribution is -1.93. The van der Waals surface area contributed by atoms with Gasteiger partial charge in [0.2, 0.25) is 5.88 Å². The minimum absolute atomic E-state index is 0.367. The lowest BCUT2D eigenvalue weighted by molar-refractivity contribution is 0.111. The fraction of sp³-hybridized carbons (Fsp3) is 0. The molecular formula is C7H5N3O2. The van der Waals surface area contributed by atoms with Crippen LogP contribution >= 0.6 is 0 Å². The van der Waals surface area contributed by atoms with Gasteiger partial charge in [-0.25, -0.2) is 9.67 Å². The number of aldehydes is 1. The Bertz CT molecular complexity index is 377. The fourth-order valence-corrected chi connectivity index (χ4v) is 0.846. The number of nitrogens with zero attached hydrogens (tertiary/aromatic N) is 3. The first kappa shape index (κ1) is 6.78. The summed E-state index contributed by atoms with van der Waals surface area (Å²) in [4.78, 5) is 14.0. The molecule has 5 heteroatoms. The van der Waals surface area contributed by atoms with Crippen LogP contribution in [0.25, 0.3) is 5.88 Å². The Morgan fingerprint density at radius 3 is 3.08 bits per heavy atom. The summed E-state index contributed by atoms with van der Waals surface area (Å²) < 4.78 is 6.39. The van der Waals surface area contributed by atoms with Gasteiger partial charge in [0, 0.05) is 6.20 Å². The number of oxazole rings is 1. The van der Waals surface area contributed by atoms with Gasteiger partial charge in [-0.05, 0) is 6.07 Å². The maximum Gasteiger partial charge on any atom is 0.240 e. The van der Waals surface area contributed by atoms with Crippen LogP contribution in [0.1, 0.15) is 10.5 Å². The molecule has 5 nitrogen and oxygen atoms in total. The molecule has 0 atom stereocenters. The van der Waals surface area contributed by atoms with Crippen LogP contribution in [0, 0.1) is 0 Å². The highest BCUT2D eigenvalue weighted by Gasteiger charge is 2.01. The monoisotopic (exact) mass is 163 g/mol. The SMILES string of the molecule is O=Cc1ccn(-c2cnco2)n1. The van der Waals surface area contributed by atoms with E-state index in [0.29, 0.717) is 17.9 Å². The van der Waals surface area contributed by atoms with Crippen LogP contribution in [-0.4, -0.2) is 21.1 Å². The van der Waals surface area contributed by atoms with E-state index >= 15 is 0 Å². The second-order valence-electron chi connectivity index (χ2n) is 2.14. The van der Waals surface area contributed by atoms with Crippen molar-refractivity contribution in [1.82, 2.24) is 14.8 Å². The quantitative estimate of drug-likeness (QED) is 0.610. The van der Waals surface area contributed by atoms with E-state index < -0.39 is 0 Å². The van der Waals surface area contributed by atoms with Crippen molar-refractivity contribution in [3.63, 3.8) is 0 Å². The second kappa shape index (κ2) is 2.61. The van der Waals surface area contributed by atoms with Crippen LogP contribution in [0.4, 0.5) is 0 Å². The van der Waals surface area contributed by atoms with Crippen LogP contribution in [-0.2, 0) is 0 Å². The fourth-order valence-electron chi connectivity index (χ4n) is 0.846. The van der Waals surface area contributed by atoms with Gasteiger partial charge in [-0.1, -0.05) is 0 Å². The maximum absolute atomic E-state index is 10.3. The number of hydrogen-bond donors (Lipinski definition) is 0. The Balaban J connectivity index is 2.41.